The Bertz CT molecular complexity index is 966. The van der Waals surface area contributed by atoms with Crippen LogP contribution in [0.3, 0.4) is 0 Å². The number of rotatable bonds is 8. The second-order valence-corrected chi connectivity index (χ2v) is 8.34. The quantitative estimate of drug-likeness (QED) is 0.460. The third-order valence-electron chi connectivity index (χ3n) is 6.01. The minimum Gasteiger partial charge on any atom is -0.367 e. The zero-order valence-corrected chi connectivity index (χ0v) is 19.1. The lowest BCUT2D eigenvalue weighted by atomic mass is 10.0. The molecule has 1 aliphatic heterocycles. The van der Waals surface area contributed by atoms with Crippen molar-refractivity contribution < 1.29 is 9.53 Å². The van der Waals surface area contributed by atoms with E-state index in [0.29, 0.717) is 6.61 Å². The van der Waals surface area contributed by atoms with Gasteiger partial charge in [-0.1, -0.05) is 91.0 Å². The Hall–Kier alpha value is -3.21. The monoisotopic (exact) mass is 440 g/mol. The summed E-state index contributed by atoms with van der Waals surface area (Å²) in [6, 6.07) is 30.7. The zero-order valence-electron chi connectivity index (χ0n) is 19.1. The van der Waals surface area contributed by atoms with Crippen molar-refractivity contribution in [2.24, 2.45) is 0 Å². The van der Waals surface area contributed by atoms with Crippen LogP contribution in [-0.2, 0) is 9.53 Å². The van der Waals surface area contributed by atoms with Gasteiger partial charge in [0.15, 0.2) is 0 Å². The van der Waals surface area contributed by atoms with Crippen molar-refractivity contribution in [3.8, 4) is 0 Å². The van der Waals surface area contributed by atoms with Crippen molar-refractivity contribution in [3.63, 3.8) is 0 Å². The summed E-state index contributed by atoms with van der Waals surface area (Å²) in [7, 11) is 0. The van der Waals surface area contributed by atoms with E-state index in [1.165, 1.54) is 11.1 Å². The standard InChI is InChI=1S/C29H32N2O2/c32-28(18-17-25-11-4-1-5-12-25)31-20-10-19-30(21-22-31)23-24-33-29(26-13-6-2-7-14-26)27-15-8-3-9-16-27/h1-9,11-18,29H,10,19-24H2/b18-17+. The first-order valence-corrected chi connectivity index (χ1v) is 11.8. The van der Waals surface area contributed by atoms with Crippen LogP contribution in [0.15, 0.2) is 97.1 Å². The summed E-state index contributed by atoms with van der Waals surface area (Å²) in [5.41, 5.74) is 3.38. The highest BCUT2D eigenvalue weighted by molar-refractivity contribution is 5.91. The third kappa shape index (κ3) is 6.88. The minimum absolute atomic E-state index is 0.0689. The second kappa shape index (κ2) is 12.1. The summed E-state index contributed by atoms with van der Waals surface area (Å²) in [5, 5.41) is 0. The lowest BCUT2D eigenvalue weighted by molar-refractivity contribution is -0.125. The van der Waals surface area contributed by atoms with Crippen molar-refractivity contribution in [1.82, 2.24) is 9.80 Å². The van der Waals surface area contributed by atoms with Crippen LogP contribution in [0.2, 0.25) is 0 Å². The molecule has 0 saturated carbocycles. The summed E-state index contributed by atoms with van der Waals surface area (Å²) >= 11 is 0. The van der Waals surface area contributed by atoms with E-state index in [1.807, 2.05) is 53.4 Å². The van der Waals surface area contributed by atoms with Crippen LogP contribution in [-0.4, -0.2) is 55.0 Å². The van der Waals surface area contributed by atoms with Gasteiger partial charge in [0.05, 0.1) is 6.61 Å². The molecule has 0 spiro atoms. The molecule has 0 radical (unpaired) electrons. The van der Waals surface area contributed by atoms with Gasteiger partial charge in [0.2, 0.25) is 5.91 Å². The highest BCUT2D eigenvalue weighted by Gasteiger charge is 2.19. The van der Waals surface area contributed by atoms with Crippen LogP contribution >= 0.6 is 0 Å². The maximum Gasteiger partial charge on any atom is 0.246 e. The summed E-state index contributed by atoms with van der Waals surface area (Å²) in [6.07, 6.45) is 4.50. The number of hydrogen-bond acceptors (Lipinski definition) is 3. The molecule has 170 valence electrons. The largest absolute Gasteiger partial charge is 0.367 e. The highest BCUT2D eigenvalue weighted by Crippen LogP contribution is 2.25. The highest BCUT2D eigenvalue weighted by atomic mass is 16.5. The molecule has 33 heavy (non-hydrogen) atoms. The van der Waals surface area contributed by atoms with Gasteiger partial charge in [-0.05, 0) is 35.7 Å². The van der Waals surface area contributed by atoms with Gasteiger partial charge in [0.25, 0.3) is 0 Å². The van der Waals surface area contributed by atoms with Crippen LogP contribution < -0.4 is 0 Å². The first-order valence-electron chi connectivity index (χ1n) is 11.8. The van der Waals surface area contributed by atoms with E-state index in [-0.39, 0.29) is 12.0 Å². The Morgan fingerprint density at radius 3 is 2.03 bits per heavy atom. The van der Waals surface area contributed by atoms with Crippen molar-refractivity contribution in [2.75, 3.05) is 39.3 Å². The van der Waals surface area contributed by atoms with E-state index in [1.54, 1.807) is 6.08 Å². The molecule has 0 aliphatic carbocycles. The molecule has 0 aromatic heterocycles. The van der Waals surface area contributed by atoms with Gasteiger partial charge in [-0.2, -0.15) is 0 Å². The van der Waals surface area contributed by atoms with E-state index >= 15 is 0 Å². The summed E-state index contributed by atoms with van der Waals surface area (Å²) in [6.45, 7) is 4.91. The van der Waals surface area contributed by atoms with Gasteiger partial charge in [0, 0.05) is 32.3 Å². The minimum atomic E-state index is -0.0689. The van der Waals surface area contributed by atoms with Crippen molar-refractivity contribution in [1.29, 1.82) is 0 Å². The molecular weight excluding hydrogens is 408 g/mol. The average Bonchev–Trinajstić information content (AvgIpc) is 3.13. The molecule has 3 aromatic rings. The van der Waals surface area contributed by atoms with Crippen molar-refractivity contribution >= 4 is 12.0 Å². The van der Waals surface area contributed by atoms with Gasteiger partial charge in [-0.15, -0.1) is 0 Å². The van der Waals surface area contributed by atoms with E-state index in [9.17, 15) is 4.79 Å². The Morgan fingerprint density at radius 2 is 1.39 bits per heavy atom. The molecule has 0 atom stereocenters. The molecule has 4 nitrogen and oxygen atoms in total. The van der Waals surface area contributed by atoms with Crippen LogP contribution in [0.25, 0.3) is 6.08 Å². The van der Waals surface area contributed by atoms with Gasteiger partial charge in [-0.3, -0.25) is 9.69 Å². The zero-order chi connectivity index (χ0) is 22.7. The molecule has 0 unspecified atom stereocenters. The van der Waals surface area contributed by atoms with E-state index in [2.05, 4.69) is 53.4 Å². The van der Waals surface area contributed by atoms with Crippen LogP contribution in [0.1, 0.15) is 29.2 Å². The molecule has 1 heterocycles. The van der Waals surface area contributed by atoms with Crippen LogP contribution in [0, 0.1) is 0 Å². The number of ether oxygens (including phenoxy) is 1. The predicted molar refractivity (Wildman–Crippen MR) is 134 cm³/mol. The van der Waals surface area contributed by atoms with Gasteiger partial charge < -0.3 is 9.64 Å². The molecule has 0 bridgehead atoms. The number of nitrogens with zero attached hydrogens (tertiary/aromatic N) is 2. The molecule has 1 saturated heterocycles. The molecule has 4 rings (SSSR count). The maximum atomic E-state index is 12.6. The van der Waals surface area contributed by atoms with E-state index in [4.69, 9.17) is 4.74 Å². The number of carbonyl (C=O) groups is 1. The lowest BCUT2D eigenvalue weighted by Crippen LogP contribution is -2.35. The number of hydrogen-bond donors (Lipinski definition) is 0. The SMILES string of the molecule is O=C(/C=C/c1ccccc1)N1CCCN(CCOC(c2ccccc2)c2ccccc2)CC1. The predicted octanol–water partition coefficient (Wildman–Crippen LogP) is 5.04. The number of amides is 1. The van der Waals surface area contributed by atoms with E-state index in [0.717, 1.165) is 44.7 Å². The summed E-state index contributed by atoms with van der Waals surface area (Å²) in [5.74, 6) is 0.0881. The normalized spacial score (nSPS) is 15.1. The van der Waals surface area contributed by atoms with Crippen molar-refractivity contribution in [3.05, 3.63) is 114 Å². The van der Waals surface area contributed by atoms with E-state index < -0.39 is 0 Å². The lowest BCUT2D eigenvalue weighted by Gasteiger charge is -2.24. The fraction of sp³-hybridized carbons (Fsp3) is 0.276. The third-order valence-corrected chi connectivity index (χ3v) is 6.01. The van der Waals surface area contributed by atoms with Gasteiger partial charge >= 0.3 is 0 Å². The second-order valence-electron chi connectivity index (χ2n) is 8.34. The first-order chi connectivity index (χ1) is 16.3. The molecule has 4 heteroatoms. The Labute approximate surface area is 197 Å². The smallest absolute Gasteiger partial charge is 0.246 e. The Morgan fingerprint density at radius 1 is 0.788 bits per heavy atom. The molecule has 1 amide bonds. The van der Waals surface area contributed by atoms with Gasteiger partial charge in [0.1, 0.15) is 6.10 Å². The number of benzene rings is 3. The fourth-order valence-electron chi connectivity index (χ4n) is 4.19. The summed E-state index contributed by atoms with van der Waals surface area (Å²) < 4.78 is 6.39. The van der Waals surface area contributed by atoms with Crippen LogP contribution in [0.5, 0.6) is 0 Å². The van der Waals surface area contributed by atoms with Gasteiger partial charge in [-0.25, -0.2) is 0 Å². The first kappa shape index (κ1) is 23.0. The molecule has 0 N–H and O–H groups in total. The number of carbonyl (C=O) groups excluding carboxylic acids is 1. The van der Waals surface area contributed by atoms with Crippen molar-refractivity contribution in [2.45, 2.75) is 12.5 Å². The summed E-state index contributed by atoms with van der Waals surface area (Å²) in [4.78, 5) is 17.0. The fourth-order valence-corrected chi connectivity index (χ4v) is 4.19. The average molecular weight is 441 g/mol. The maximum absolute atomic E-state index is 12.6. The Balaban J connectivity index is 1.28. The molecule has 1 aliphatic rings. The topological polar surface area (TPSA) is 32.8 Å². The molecular formula is C29H32N2O2. The molecule has 1 fully saturated rings. The van der Waals surface area contributed by atoms with Crippen LogP contribution in [0.4, 0.5) is 0 Å². The Kier molecular flexibility index (Phi) is 8.45. The molecule has 3 aromatic carbocycles.